The summed E-state index contributed by atoms with van der Waals surface area (Å²) in [5, 5.41) is 0. The summed E-state index contributed by atoms with van der Waals surface area (Å²) in [6.45, 7) is 7.11. The second-order valence-electron chi connectivity index (χ2n) is 11.2. The van der Waals surface area contributed by atoms with Crippen molar-refractivity contribution in [3.63, 3.8) is 0 Å². The van der Waals surface area contributed by atoms with E-state index in [0.717, 1.165) is 5.92 Å². The third-order valence-corrected chi connectivity index (χ3v) is 7.60. The Morgan fingerprint density at radius 2 is 0.469 bits per heavy atom. The van der Waals surface area contributed by atoms with E-state index < -0.39 is 0 Å². The largest absolute Gasteiger partial charge is 0.0654 e. The minimum atomic E-state index is 0.968. The molecule has 0 spiro atoms. The van der Waals surface area contributed by atoms with E-state index in [0.29, 0.717) is 0 Å². The van der Waals surface area contributed by atoms with E-state index in [-0.39, 0.29) is 0 Å². The van der Waals surface area contributed by atoms with Crippen molar-refractivity contribution in [1.82, 2.24) is 0 Å². The van der Waals surface area contributed by atoms with Crippen molar-refractivity contribution in [2.75, 3.05) is 0 Å². The van der Waals surface area contributed by atoms with Crippen molar-refractivity contribution >= 4 is 0 Å². The van der Waals surface area contributed by atoms with Gasteiger partial charge in [0.15, 0.2) is 0 Å². The summed E-state index contributed by atoms with van der Waals surface area (Å²) in [6, 6.07) is 0. The number of rotatable bonds is 28. The summed E-state index contributed by atoms with van der Waals surface area (Å²) in [7, 11) is 0. The zero-order valence-corrected chi connectivity index (χ0v) is 23.4. The van der Waals surface area contributed by atoms with Crippen molar-refractivity contribution in [3.05, 3.63) is 0 Å². The fraction of sp³-hybridized carbons (Fsp3) is 1.00. The Kier molecular flexibility index (Phi) is 29.0. The van der Waals surface area contributed by atoms with E-state index in [9.17, 15) is 0 Å². The standard InChI is InChI=1S/C32H66/c1-4-6-8-10-12-14-16-17-18-19-21-23-25-27-29-31-32(3)30-28-26-24-22-20-15-13-11-9-7-5-2/h32H,4-31H2,1-3H3. The first-order chi connectivity index (χ1) is 15.8. The molecule has 0 nitrogen and oxygen atoms in total. The monoisotopic (exact) mass is 451 g/mol. The molecule has 0 aliphatic carbocycles. The summed E-state index contributed by atoms with van der Waals surface area (Å²) in [5.41, 5.74) is 0. The molecule has 0 fully saturated rings. The van der Waals surface area contributed by atoms with Gasteiger partial charge in [0.1, 0.15) is 0 Å². The fourth-order valence-corrected chi connectivity index (χ4v) is 5.17. The summed E-state index contributed by atoms with van der Waals surface area (Å²) in [6.07, 6.45) is 41.3. The van der Waals surface area contributed by atoms with E-state index in [1.54, 1.807) is 0 Å². The predicted octanol–water partition coefficient (Wildman–Crippen LogP) is 12.6. The number of hydrogen-bond acceptors (Lipinski definition) is 0. The fourth-order valence-electron chi connectivity index (χ4n) is 5.17. The Morgan fingerprint density at radius 3 is 0.688 bits per heavy atom. The summed E-state index contributed by atoms with van der Waals surface area (Å²) in [5.74, 6) is 0.968. The van der Waals surface area contributed by atoms with Crippen molar-refractivity contribution in [2.24, 2.45) is 5.92 Å². The Bertz CT molecular complexity index is 307. The highest BCUT2D eigenvalue weighted by atomic mass is 14.1. The second-order valence-corrected chi connectivity index (χ2v) is 11.2. The van der Waals surface area contributed by atoms with Gasteiger partial charge in [-0.2, -0.15) is 0 Å². The van der Waals surface area contributed by atoms with Crippen molar-refractivity contribution in [1.29, 1.82) is 0 Å². The minimum Gasteiger partial charge on any atom is -0.0654 e. The SMILES string of the molecule is CCCCCCCCCCCCCCCCCC(C)CCCCCCCCCCCCC. The third-order valence-electron chi connectivity index (χ3n) is 7.60. The second kappa shape index (κ2) is 29.0. The molecule has 0 heterocycles. The van der Waals surface area contributed by atoms with Crippen LogP contribution in [0, 0.1) is 5.92 Å². The maximum Gasteiger partial charge on any atom is -0.0443 e. The highest BCUT2D eigenvalue weighted by Gasteiger charge is 2.02. The molecular weight excluding hydrogens is 384 g/mol. The Labute approximate surface area is 206 Å². The molecule has 194 valence electrons. The van der Waals surface area contributed by atoms with Gasteiger partial charge in [-0.05, 0) is 5.92 Å². The van der Waals surface area contributed by atoms with Crippen molar-refractivity contribution < 1.29 is 0 Å². The van der Waals surface area contributed by atoms with E-state index in [4.69, 9.17) is 0 Å². The molecule has 0 amide bonds. The van der Waals surface area contributed by atoms with Gasteiger partial charge in [0, 0.05) is 0 Å². The maximum atomic E-state index is 2.50. The van der Waals surface area contributed by atoms with E-state index in [1.165, 1.54) is 180 Å². The van der Waals surface area contributed by atoms with Crippen LogP contribution in [0.3, 0.4) is 0 Å². The lowest BCUT2D eigenvalue weighted by molar-refractivity contribution is 0.429. The molecule has 0 aromatic rings. The van der Waals surface area contributed by atoms with Crippen LogP contribution in [-0.2, 0) is 0 Å². The molecule has 0 bridgehead atoms. The lowest BCUT2D eigenvalue weighted by Crippen LogP contribution is -1.95. The van der Waals surface area contributed by atoms with Crippen LogP contribution in [0.2, 0.25) is 0 Å². The molecule has 0 heteroatoms. The van der Waals surface area contributed by atoms with Gasteiger partial charge in [0.05, 0.1) is 0 Å². The zero-order chi connectivity index (χ0) is 23.4. The molecule has 0 rings (SSSR count). The zero-order valence-electron chi connectivity index (χ0n) is 23.4. The van der Waals surface area contributed by atoms with Gasteiger partial charge in [-0.15, -0.1) is 0 Å². The minimum absolute atomic E-state index is 0.968. The van der Waals surface area contributed by atoms with Gasteiger partial charge >= 0.3 is 0 Å². The van der Waals surface area contributed by atoms with E-state index in [1.807, 2.05) is 0 Å². The van der Waals surface area contributed by atoms with Crippen molar-refractivity contribution in [3.8, 4) is 0 Å². The average molecular weight is 451 g/mol. The molecule has 0 aromatic heterocycles. The normalized spacial score (nSPS) is 12.5. The number of unbranched alkanes of at least 4 members (excludes halogenated alkanes) is 24. The quantitative estimate of drug-likeness (QED) is 0.104. The molecule has 32 heavy (non-hydrogen) atoms. The Hall–Kier alpha value is 0. The first kappa shape index (κ1) is 32.0. The molecule has 0 saturated heterocycles. The highest BCUT2D eigenvalue weighted by Crippen LogP contribution is 2.19. The van der Waals surface area contributed by atoms with Gasteiger partial charge in [-0.1, -0.05) is 201 Å². The molecule has 0 aliphatic rings. The lowest BCUT2D eigenvalue weighted by Gasteiger charge is -2.11. The van der Waals surface area contributed by atoms with Gasteiger partial charge < -0.3 is 0 Å². The van der Waals surface area contributed by atoms with Crippen LogP contribution in [0.25, 0.3) is 0 Å². The Balaban J connectivity index is 3.12. The van der Waals surface area contributed by atoms with Crippen LogP contribution in [0.1, 0.15) is 201 Å². The molecule has 0 aromatic carbocycles. The lowest BCUT2D eigenvalue weighted by atomic mass is 9.95. The summed E-state index contributed by atoms with van der Waals surface area (Å²) < 4.78 is 0. The third kappa shape index (κ3) is 28.0. The van der Waals surface area contributed by atoms with Crippen LogP contribution in [0.4, 0.5) is 0 Å². The molecule has 0 aliphatic heterocycles. The van der Waals surface area contributed by atoms with Gasteiger partial charge in [0.2, 0.25) is 0 Å². The molecule has 1 unspecified atom stereocenters. The highest BCUT2D eigenvalue weighted by molar-refractivity contribution is 4.56. The molecule has 0 radical (unpaired) electrons. The molecule has 0 N–H and O–H groups in total. The van der Waals surface area contributed by atoms with E-state index >= 15 is 0 Å². The maximum absolute atomic E-state index is 2.50. The first-order valence-electron chi connectivity index (χ1n) is 15.8. The summed E-state index contributed by atoms with van der Waals surface area (Å²) >= 11 is 0. The Morgan fingerprint density at radius 1 is 0.281 bits per heavy atom. The van der Waals surface area contributed by atoms with Gasteiger partial charge in [0.25, 0.3) is 0 Å². The van der Waals surface area contributed by atoms with Crippen molar-refractivity contribution in [2.45, 2.75) is 201 Å². The van der Waals surface area contributed by atoms with Crippen LogP contribution in [0.15, 0.2) is 0 Å². The first-order valence-corrected chi connectivity index (χ1v) is 15.8. The van der Waals surface area contributed by atoms with Gasteiger partial charge in [-0.25, -0.2) is 0 Å². The van der Waals surface area contributed by atoms with Crippen LogP contribution >= 0.6 is 0 Å². The average Bonchev–Trinajstić information content (AvgIpc) is 2.80. The topological polar surface area (TPSA) is 0 Å². The predicted molar refractivity (Wildman–Crippen MR) is 150 cm³/mol. The van der Waals surface area contributed by atoms with Crippen LogP contribution in [-0.4, -0.2) is 0 Å². The van der Waals surface area contributed by atoms with Crippen LogP contribution in [0.5, 0.6) is 0 Å². The van der Waals surface area contributed by atoms with Crippen LogP contribution < -0.4 is 0 Å². The van der Waals surface area contributed by atoms with E-state index in [2.05, 4.69) is 20.8 Å². The smallest absolute Gasteiger partial charge is 0.0443 e. The summed E-state index contributed by atoms with van der Waals surface area (Å²) in [4.78, 5) is 0. The molecule has 0 saturated carbocycles. The number of hydrogen-bond donors (Lipinski definition) is 0. The van der Waals surface area contributed by atoms with Gasteiger partial charge in [-0.3, -0.25) is 0 Å². The molecule has 1 atom stereocenters. The molecular formula is C32H66.